The molecule has 0 amide bonds. The first-order valence-electron chi connectivity index (χ1n) is 10.4. The van der Waals surface area contributed by atoms with Gasteiger partial charge in [-0.05, 0) is 12.8 Å². The quantitative estimate of drug-likeness (QED) is 0.142. The van der Waals surface area contributed by atoms with Gasteiger partial charge >= 0.3 is 29.8 Å². The zero-order valence-electron chi connectivity index (χ0n) is 18.1. The number of nitrogens with zero attached hydrogens (tertiary/aromatic N) is 3. The van der Waals surface area contributed by atoms with Crippen molar-refractivity contribution in [2.24, 2.45) is 0 Å². The van der Waals surface area contributed by atoms with Crippen LogP contribution < -0.4 is 0 Å². The molecule has 0 aromatic rings. The minimum absolute atomic E-state index is 0.0362. The van der Waals surface area contributed by atoms with Crippen LogP contribution in [0.15, 0.2) is 0 Å². The van der Waals surface area contributed by atoms with Crippen LogP contribution in [-0.4, -0.2) is 133 Å². The maximum Gasteiger partial charge on any atom is 0.317 e. The third-order valence-electron chi connectivity index (χ3n) is 5.50. The maximum atomic E-state index is 11.6. The van der Waals surface area contributed by atoms with Gasteiger partial charge < -0.3 is 25.5 Å². The Morgan fingerprint density at radius 3 is 1.39 bits per heavy atom. The van der Waals surface area contributed by atoms with E-state index >= 15 is 0 Å². The van der Waals surface area contributed by atoms with E-state index in [1.54, 1.807) is 4.90 Å². The van der Waals surface area contributed by atoms with E-state index in [2.05, 4.69) is 12.6 Å². The summed E-state index contributed by atoms with van der Waals surface area (Å²) in [6.07, 6.45) is 2.36. The first kappa shape index (κ1) is 28.6. The van der Waals surface area contributed by atoms with E-state index in [9.17, 15) is 39.3 Å². The number of carbonyl (C=O) groups is 5. The van der Waals surface area contributed by atoms with E-state index in [1.165, 1.54) is 9.80 Å². The monoisotopic (exact) mass is 493 g/mol. The SMILES string of the molecule is O=C(O)CN(CC(=O)O)C(CS)CN(CC(=O)O)C1CCCCC1N(CC(=O)O)CC(=O)O. The summed E-state index contributed by atoms with van der Waals surface area (Å²) < 4.78 is 0. The summed E-state index contributed by atoms with van der Waals surface area (Å²) in [5, 5.41) is 46.3. The lowest BCUT2D eigenvalue weighted by molar-refractivity contribution is -0.146. The van der Waals surface area contributed by atoms with Crippen molar-refractivity contribution < 1.29 is 49.5 Å². The van der Waals surface area contributed by atoms with E-state index in [1.807, 2.05) is 0 Å². The van der Waals surface area contributed by atoms with Gasteiger partial charge in [-0.3, -0.25) is 38.7 Å². The minimum atomic E-state index is -1.25. The van der Waals surface area contributed by atoms with Gasteiger partial charge in [0.2, 0.25) is 0 Å². The number of carboxylic acid groups (broad SMARTS) is 5. The van der Waals surface area contributed by atoms with Gasteiger partial charge in [-0.15, -0.1) is 0 Å². The Bertz CT molecular complexity index is 690. The Labute approximate surface area is 196 Å². The first-order valence-corrected chi connectivity index (χ1v) is 11.0. The highest BCUT2D eigenvalue weighted by atomic mass is 32.1. The van der Waals surface area contributed by atoms with Crippen LogP contribution in [0, 0.1) is 0 Å². The molecule has 0 aliphatic heterocycles. The van der Waals surface area contributed by atoms with Crippen LogP contribution in [0.5, 0.6) is 0 Å². The topological polar surface area (TPSA) is 196 Å². The van der Waals surface area contributed by atoms with E-state index < -0.39 is 80.7 Å². The molecule has 0 spiro atoms. The van der Waals surface area contributed by atoms with E-state index in [0.717, 1.165) is 0 Å². The molecule has 1 fully saturated rings. The molecule has 1 rings (SSSR count). The van der Waals surface area contributed by atoms with Gasteiger partial charge in [-0.25, -0.2) is 0 Å². The van der Waals surface area contributed by atoms with Crippen molar-refractivity contribution in [1.82, 2.24) is 14.7 Å². The second kappa shape index (κ2) is 14.0. The molecule has 0 aromatic carbocycles. The van der Waals surface area contributed by atoms with Crippen molar-refractivity contribution in [3.63, 3.8) is 0 Å². The lowest BCUT2D eigenvalue weighted by Gasteiger charge is -2.45. The van der Waals surface area contributed by atoms with Crippen molar-refractivity contribution in [3.05, 3.63) is 0 Å². The molecular weight excluding hydrogens is 462 g/mol. The van der Waals surface area contributed by atoms with Gasteiger partial charge in [0, 0.05) is 30.4 Å². The van der Waals surface area contributed by atoms with Crippen LogP contribution in [-0.2, 0) is 24.0 Å². The summed E-state index contributed by atoms with van der Waals surface area (Å²) in [6.45, 7) is -2.74. The maximum absolute atomic E-state index is 11.6. The number of aliphatic carboxylic acids is 5. The molecule has 13 nitrogen and oxygen atoms in total. The molecule has 0 aromatic heterocycles. The number of hydrogen-bond donors (Lipinski definition) is 6. The highest BCUT2D eigenvalue weighted by Crippen LogP contribution is 2.28. The van der Waals surface area contributed by atoms with Gasteiger partial charge in [0.25, 0.3) is 0 Å². The zero-order chi connectivity index (χ0) is 25.1. The van der Waals surface area contributed by atoms with Crippen LogP contribution in [0.2, 0.25) is 0 Å². The molecule has 188 valence electrons. The summed E-state index contributed by atoms with van der Waals surface area (Å²) in [6, 6.07) is -1.81. The molecule has 3 unspecified atom stereocenters. The Hall–Kier alpha value is -2.42. The fourth-order valence-corrected chi connectivity index (χ4v) is 4.64. The smallest absolute Gasteiger partial charge is 0.317 e. The fourth-order valence-electron chi connectivity index (χ4n) is 4.29. The Morgan fingerprint density at radius 2 is 1.03 bits per heavy atom. The van der Waals surface area contributed by atoms with Crippen LogP contribution >= 0.6 is 12.6 Å². The molecule has 0 saturated heterocycles. The van der Waals surface area contributed by atoms with Crippen LogP contribution in [0.25, 0.3) is 0 Å². The average molecular weight is 494 g/mol. The van der Waals surface area contributed by atoms with Gasteiger partial charge in [0.1, 0.15) is 0 Å². The molecule has 0 heterocycles. The molecule has 0 bridgehead atoms. The van der Waals surface area contributed by atoms with Crippen molar-refractivity contribution in [2.45, 2.75) is 43.8 Å². The lowest BCUT2D eigenvalue weighted by Crippen LogP contribution is -2.59. The molecule has 5 N–H and O–H groups in total. The summed E-state index contributed by atoms with van der Waals surface area (Å²) >= 11 is 4.21. The van der Waals surface area contributed by atoms with Crippen molar-refractivity contribution >= 4 is 42.5 Å². The molecule has 3 atom stereocenters. The number of rotatable bonds is 16. The third-order valence-corrected chi connectivity index (χ3v) is 5.92. The molecular formula is C19H31N3O10S. The van der Waals surface area contributed by atoms with Crippen LogP contribution in [0.3, 0.4) is 0 Å². The second-order valence-corrected chi connectivity index (χ2v) is 8.33. The molecule has 33 heavy (non-hydrogen) atoms. The second-order valence-electron chi connectivity index (χ2n) is 7.96. The van der Waals surface area contributed by atoms with Crippen LogP contribution in [0.4, 0.5) is 0 Å². The highest BCUT2D eigenvalue weighted by molar-refractivity contribution is 7.80. The van der Waals surface area contributed by atoms with Gasteiger partial charge in [0.15, 0.2) is 0 Å². The average Bonchev–Trinajstić information content (AvgIpc) is 2.68. The van der Waals surface area contributed by atoms with Gasteiger partial charge in [-0.1, -0.05) is 12.8 Å². The summed E-state index contributed by atoms with van der Waals surface area (Å²) in [5.41, 5.74) is 0. The molecule has 1 aliphatic rings. The number of thiol groups is 1. The predicted molar refractivity (Wildman–Crippen MR) is 117 cm³/mol. The molecule has 14 heteroatoms. The van der Waals surface area contributed by atoms with E-state index in [-0.39, 0.29) is 12.3 Å². The van der Waals surface area contributed by atoms with Crippen molar-refractivity contribution in [3.8, 4) is 0 Å². The standard InChI is InChI=1S/C19H31N3O10S/c23-15(24)6-20(7-16(25)26)12(11-33)5-21(8-17(27)28)13-3-1-2-4-14(13)22(9-18(29)30)10-19(31)32/h12-14,33H,1-11H2,(H,23,24)(H,25,26)(H,27,28)(H,29,30)(H,31,32). The lowest BCUT2D eigenvalue weighted by atomic mass is 9.87. The molecule has 1 aliphatic carbocycles. The Balaban J connectivity index is 3.25. The largest absolute Gasteiger partial charge is 0.480 e. The highest BCUT2D eigenvalue weighted by Gasteiger charge is 2.38. The number of carboxylic acids is 5. The van der Waals surface area contributed by atoms with Crippen molar-refractivity contribution in [1.29, 1.82) is 0 Å². The Morgan fingerprint density at radius 1 is 0.667 bits per heavy atom. The van der Waals surface area contributed by atoms with Crippen LogP contribution in [0.1, 0.15) is 25.7 Å². The van der Waals surface area contributed by atoms with E-state index in [0.29, 0.717) is 25.7 Å². The number of hydrogen-bond acceptors (Lipinski definition) is 9. The Kier molecular flexibility index (Phi) is 12.1. The zero-order valence-corrected chi connectivity index (χ0v) is 19.0. The van der Waals surface area contributed by atoms with E-state index in [4.69, 9.17) is 10.2 Å². The third kappa shape index (κ3) is 10.4. The normalized spacial score (nSPS) is 19.5. The van der Waals surface area contributed by atoms with Crippen molar-refractivity contribution in [2.75, 3.05) is 45.0 Å². The van der Waals surface area contributed by atoms with Gasteiger partial charge in [0.05, 0.1) is 32.7 Å². The predicted octanol–water partition coefficient (Wildman–Crippen LogP) is -1.07. The first-order chi connectivity index (χ1) is 15.4. The fraction of sp³-hybridized carbons (Fsp3) is 0.737. The summed E-state index contributed by atoms with van der Waals surface area (Å²) in [7, 11) is 0. The minimum Gasteiger partial charge on any atom is -0.480 e. The summed E-state index contributed by atoms with van der Waals surface area (Å²) in [5.74, 6) is -6.07. The van der Waals surface area contributed by atoms with Gasteiger partial charge in [-0.2, -0.15) is 12.6 Å². The molecule has 0 radical (unpaired) electrons. The molecule has 1 saturated carbocycles. The summed E-state index contributed by atoms with van der Waals surface area (Å²) in [4.78, 5) is 60.8.